The normalized spacial score (nSPS) is 21.8. The number of hydrogen-bond donors (Lipinski definition) is 0. The molecule has 4 heteroatoms. The second-order valence-corrected chi connectivity index (χ2v) is 9.57. The van der Waals surface area contributed by atoms with Crippen LogP contribution in [0.5, 0.6) is 0 Å². The summed E-state index contributed by atoms with van der Waals surface area (Å²) in [5.74, 6) is 0.0991. The van der Waals surface area contributed by atoms with Crippen LogP contribution in [0.15, 0.2) is 48.5 Å². The Balaban J connectivity index is 1.42. The van der Waals surface area contributed by atoms with E-state index in [2.05, 4.69) is 55.5 Å². The fourth-order valence-corrected chi connectivity index (χ4v) is 7.17. The predicted octanol–water partition coefficient (Wildman–Crippen LogP) is 5.66. The average molecular weight is 371 g/mol. The molecule has 4 rings (SSSR count). The van der Waals surface area contributed by atoms with E-state index in [0.717, 1.165) is 6.42 Å². The zero-order valence-electron chi connectivity index (χ0n) is 14.3. The van der Waals surface area contributed by atoms with E-state index in [-0.39, 0.29) is 11.9 Å². The number of rotatable bonds is 5. The van der Waals surface area contributed by atoms with Crippen molar-refractivity contribution in [2.24, 2.45) is 0 Å². The van der Waals surface area contributed by atoms with Crippen LogP contribution in [-0.4, -0.2) is 23.1 Å². The fourth-order valence-electron chi connectivity index (χ4n) is 3.74. The molecule has 1 fully saturated rings. The van der Waals surface area contributed by atoms with Crippen molar-refractivity contribution in [3.63, 3.8) is 0 Å². The second-order valence-electron chi connectivity index (χ2n) is 6.69. The van der Waals surface area contributed by atoms with Crippen molar-refractivity contribution >= 4 is 27.6 Å². The monoisotopic (exact) mass is 370 g/mol. The molecule has 1 aliphatic heterocycles. The van der Waals surface area contributed by atoms with Crippen molar-refractivity contribution in [1.82, 2.24) is 0 Å². The quantitative estimate of drug-likeness (QED) is 0.501. The molecule has 2 aromatic carbocycles. The van der Waals surface area contributed by atoms with Crippen LogP contribution in [0.25, 0.3) is 11.1 Å². The van der Waals surface area contributed by atoms with Gasteiger partial charge in [0, 0.05) is 16.4 Å². The van der Waals surface area contributed by atoms with Gasteiger partial charge in [-0.25, -0.2) is 0 Å². The molecular weight excluding hydrogens is 348 g/mol. The van der Waals surface area contributed by atoms with Gasteiger partial charge < -0.3 is 4.74 Å². The summed E-state index contributed by atoms with van der Waals surface area (Å²) < 4.78 is 5.71. The Hall–Kier alpha value is -1.39. The maximum Gasteiger partial charge on any atom is 0.306 e. The van der Waals surface area contributed by atoms with Crippen LogP contribution < -0.4 is 0 Å². The third kappa shape index (κ3) is 3.47. The predicted molar refractivity (Wildman–Crippen MR) is 107 cm³/mol. The lowest BCUT2D eigenvalue weighted by atomic mass is 9.98. The van der Waals surface area contributed by atoms with Gasteiger partial charge in [-0.15, -0.1) is 0 Å². The Morgan fingerprint density at radius 3 is 2.20 bits per heavy atom. The van der Waals surface area contributed by atoms with Gasteiger partial charge >= 0.3 is 5.97 Å². The molecular formula is C21H22O2S2. The minimum absolute atomic E-state index is 0.0586. The lowest BCUT2D eigenvalue weighted by Gasteiger charge is -2.15. The van der Waals surface area contributed by atoms with E-state index >= 15 is 0 Å². The molecule has 0 amide bonds. The summed E-state index contributed by atoms with van der Waals surface area (Å²) >= 11 is 0. The van der Waals surface area contributed by atoms with Gasteiger partial charge in [-0.3, -0.25) is 4.79 Å². The minimum Gasteiger partial charge on any atom is -0.465 e. The van der Waals surface area contributed by atoms with Gasteiger partial charge in [-0.2, -0.15) is 0 Å². The number of hydrogen-bond acceptors (Lipinski definition) is 4. The Morgan fingerprint density at radius 2 is 1.60 bits per heavy atom. The number of esters is 1. The van der Waals surface area contributed by atoms with Crippen molar-refractivity contribution in [3.8, 4) is 11.1 Å². The first-order valence-electron chi connectivity index (χ1n) is 8.92. The van der Waals surface area contributed by atoms with Gasteiger partial charge in [-0.1, -0.05) is 77.0 Å². The maximum absolute atomic E-state index is 12.3. The lowest BCUT2D eigenvalue weighted by molar-refractivity contribution is -0.143. The summed E-state index contributed by atoms with van der Waals surface area (Å²) in [5, 5.41) is 1.10. The zero-order chi connectivity index (χ0) is 17.2. The highest BCUT2D eigenvalue weighted by atomic mass is 33.1. The maximum atomic E-state index is 12.3. The molecule has 0 bridgehead atoms. The molecule has 1 heterocycles. The van der Waals surface area contributed by atoms with Crippen LogP contribution in [0.2, 0.25) is 0 Å². The van der Waals surface area contributed by atoms with Crippen LogP contribution in [-0.2, 0) is 9.53 Å². The van der Waals surface area contributed by atoms with E-state index in [9.17, 15) is 4.79 Å². The van der Waals surface area contributed by atoms with Crippen LogP contribution in [0, 0.1) is 0 Å². The summed E-state index contributed by atoms with van der Waals surface area (Å²) in [6, 6.07) is 16.9. The molecule has 2 aromatic rings. The van der Waals surface area contributed by atoms with E-state index in [1.807, 2.05) is 21.6 Å². The van der Waals surface area contributed by atoms with Crippen molar-refractivity contribution in [3.05, 3.63) is 59.7 Å². The molecule has 0 N–H and O–H groups in total. The molecule has 2 unspecified atom stereocenters. The van der Waals surface area contributed by atoms with Gasteiger partial charge in [0.15, 0.2) is 0 Å². The van der Waals surface area contributed by atoms with Crippen LogP contribution in [0.1, 0.15) is 43.2 Å². The van der Waals surface area contributed by atoms with Crippen molar-refractivity contribution < 1.29 is 9.53 Å². The molecule has 0 aromatic heterocycles. The fraction of sp³-hybridized carbons (Fsp3) is 0.381. The summed E-state index contributed by atoms with van der Waals surface area (Å²) in [6.07, 6.45) is 2.83. The molecule has 0 radical (unpaired) electrons. The number of carbonyl (C=O) groups is 1. The zero-order valence-corrected chi connectivity index (χ0v) is 15.9. The van der Waals surface area contributed by atoms with Crippen LogP contribution in [0.4, 0.5) is 0 Å². The topological polar surface area (TPSA) is 26.3 Å². The molecule has 25 heavy (non-hydrogen) atoms. The highest BCUT2D eigenvalue weighted by Gasteiger charge is 2.30. The minimum atomic E-state index is -0.0586. The van der Waals surface area contributed by atoms with Gasteiger partial charge in [0.25, 0.3) is 0 Å². The Kier molecular flexibility index (Phi) is 5.09. The van der Waals surface area contributed by atoms with E-state index in [0.29, 0.717) is 23.5 Å². The highest BCUT2D eigenvalue weighted by Crippen LogP contribution is 2.47. The summed E-state index contributed by atoms with van der Waals surface area (Å²) in [7, 11) is 3.78. The average Bonchev–Trinajstić information content (AvgIpc) is 3.22. The summed E-state index contributed by atoms with van der Waals surface area (Å²) in [6.45, 7) is 2.66. The van der Waals surface area contributed by atoms with E-state index < -0.39 is 0 Å². The summed E-state index contributed by atoms with van der Waals surface area (Å²) in [4.78, 5) is 12.3. The third-order valence-electron chi connectivity index (χ3n) is 5.08. The number of ether oxygens (including phenoxy) is 1. The van der Waals surface area contributed by atoms with Crippen molar-refractivity contribution in [1.29, 1.82) is 0 Å². The van der Waals surface area contributed by atoms with Gasteiger partial charge in [-0.05, 0) is 35.1 Å². The largest absolute Gasteiger partial charge is 0.465 e. The molecule has 2 nitrogen and oxygen atoms in total. The number of fused-ring (bicyclic) bond motifs is 3. The third-order valence-corrected chi connectivity index (χ3v) is 8.58. The van der Waals surface area contributed by atoms with Crippen molar-refractivity contribution in [2.45, 2.75) is 42.6 Å². The first-order chi connectivity index (χ1) is 12.3. The smallest absolute Gasteiger partial charge is 0.306 e. The molecule has 2 atom stereocenters. The highest BCUT2D eigenvalue weighted by molar-refractivity contribution is 8.77. The first kappa shape index (κ1) is 17.0. The van der Waals surface area contributed by atoms with Gasteiger partial charge in [0.2, 0.25) is 0 Å². The number of benzene rings is 2. The van der Waals surface area contributed by atoms with E-state index in [4.69, 9.17) is 4.74 Å². The lowest BCUT2D eigenvalue weighted by Crippen LogP contribution is -2.16. The number of carbonyl (C=O) groups excluding carboxylic acids is 1. The second kappa shape index (κ2) is 7.46. The Labute approximate surface area is 157 Å². The molecule has 1 saturated heterocycles. The Morgan fingerprint density at radius 1 is 1.00 bits per heavy atom. The first-order valence-corrected chi connectivity index (χ1v) is 11.2. The molecule has 2 aliphatic rings. The van der Waals surface area contributed by atoms with E-state index in [1.165, 1.54) is 28.7 Å². The van der Waals surface area contributed by atoms with Crippen molar-refractivity contribution in [2.75, 3.05) is 6.61 Å². The van der Waals surface area contributed by atoms with Gasteiger partial charge in [0.1, 0.15) is 6.61 Å². The van der Waals surface area contributed by atoms with E-state index in [1.54, 1.807) is 0 Å². The van der Waals surface area contributed by atoms with Crippen LogP contribution in [0.3, 0.4) is 0 Å². The standard InChI is InChI=1S/C21H22O2S2/c1-2-14-11-15(25-24-14)12-21(22)23-13-20-18-9-5-3-7-16(18)17-8-4-6-10-19(17)20/h3-10,14-15,20H,2,11-13H2,1H3. The van der Waals surface area contributed by atoms with Gasteiger partial charge in [0.05, 0.1) is 6.42 Å². The molecule has 1 aliphatic carbocycles. The SMILES string of the molecule is CCC1CC(CC(=O)OCC2c3ccccc3-c3ccccc32)SS1. The van der Waals surface area contributed by atoms with Crippen LogP contribution >= 0.6 is 21.6 Å². The molecule has 0 saturated carbocycles. The Bertz CT molecular complexity index is 728. The summed E-state index contributed by atoms with van der Waals surface area (Å²) in [5.41, 5.74) is 5.09. The molecule has 0 spiro atoms. The molecule has 130 valence electrons.